The molecule has 0 aliphatic rings. The van der Waals surface area contributed by atoms with Gasteiger partial charge in [0.15, 0.2) is 22.7 Å². The Morgan fingerprint density at radius 3 is 1.36 bits per heavy atom. The fourth-order valence-corrected chi connectivity index (χ4v) is 7.19. The first-order valence-corrected chi connectivity index (χ1v) is 18.9. The van der Waals surface area contributed by atoms with Gasteiger partial charge in [0.25, 0.3) is 0 Å². The van der Waals surface area contributed by atoms with Crippen LogP contribution in [0.25, 0.3) is 33.5 Å². The molecule has 12 nitrogen and oxygen atoms in total. The minimum Gasteiger partial charge on any atom is -0.477 e. The van der Waals surface area contributed by atoms with Crippen molar-refractivity contribution in [2.75, 3.05) is 17.2 Å². The van der Waals surface area contributed by atoms with E-state index in [0.717, 1.165) is 67.3 Å². The molecule has 0 aliphatic carbocycles. The topological polar surface area (TPSA) is 148 Å². The lowest BCUT2D eigenvalue weighted by Crippen LogP contribution is -2.11. The molecule has 0 saturated heterocycles. The van der Waals surface area contributed by atoms with E-state index in [1.165, 1.54) is 6.07 Å². The molecule has 4 heterocycles. The second-order valence-corrected chi connectivity index (χ2v) is 14.0. The van der Waals surface area contributed by atoms with Crippen LogP contribution in [0.1, 0.15) is 69.0 Å². The number of aryl methyl sites for hydroxylation is 6. The lowest BCUT2D eigenvalue weighted by Gasteiger charge is -2.12. The van der Waals surface area contributed by atoms with Crippen LogP contribution in [0, 0.1) is 41.5 Å². The van der Waals surface area contributed by atoms with Crippen molar-refractivity contribution < 1.29 is 19.4 Å². The SMILES string of the molecule is C.CCOC(=O)c1cc(Nc2ccccc2)n2nc(C)c(-c3c(C)cccc3C)c2n1.Cc1cccc(C)c1-c1c(C)nn2c(Nc3ccccc3)cc(C(=O)O)nc12. The summed E-state index contributed by atoms with van der Waals surface area (Å²) >= 11 is 0. The zero-order valence-electron chi connectivity index (χ0n) is 33.5. The number of carboxylic acid groups (broad SMARTS) is 1. The van der Waals surface area contributed by atoms with E-state index >= 15 is 0 Å². The van der Waals surface area contributed by atoms with Crippen molar-refractivity contribution in [2.45, 2.75) is 55.9 Å². The van der Waals surface area contributed by atoms with E-state index < -0.39 is 11.9 Å². The van der Waals surface area contributed by atoms with E-state index in [4.69, 9.17) is 9.84 Å². The van der Waals surface area contributed by atoms with Crippen molar-refractivity contribution in [1.82, 2.24) is 29.2 Å². The minimum absolute atomic E-state index is 0. The summed E-state index contributed by atoms with van der Waals surface area (Å²) in [6.07, 6.45) is 0. The summed E-state index contributed by atoms with van der Waals surface area (Å²) in [6, 6.07) is 34.8. The molecule has 0 unspecified atom stereocenters. The van der Waals surface area contributed by atoms with Gasteiger partial charge in [-0.25, -0.2) is 19.6 Å². The number of esters is 1. The molecule has 4 aromatic carbocycles. The number of rotatable bonds is 9. The fraction of sp³-hybridized carbons (Fsp3) is 0.191. The number of carboxylic acids is 1. The van der Waals surface area contributed by atoms with Crippen LogP contribution in [0.15, 0.2) is 109 Å². The number of nitrogens with one attached hydrogen (secondary N) is 2. The first-order chi connectivity index (χ1) is 27.9. The van der Waals surface area contributed by atoms with Gasteiger partial charge in [0, 0.05) is 23.5 Å². The van der Waals surface area contributed by atoms with Crippen LogP contribution in [-0.4, -0.2) is 52.8 Å². The summed E-state index contributed by atoms with van der Waals surface area (Å²) in [5.74, 6) is -0.337. The standard InChI is InChI=1S/C24H24N4O2.C22H20N4O2.CH4/c1-5-30-24(29)19-14-20(25-18-12-7-6-8-13-18)28-23(26-19)22(17(4)27-28)21-15(2)10-9-11-16(21)3;1-13-8-7-9-14(2)19(13)20-15(3)25-26-18(23-16-10-5-4-6-11-16)12-17(22(27)28)24-21(20)26;/h6-14,25H,5H2,1-4H3;4-12,23H,1-3H3,(H,27,28);1H4. The van der Waals surface area contributed by atoms with Crippen LogP contribution in [-0.2, 0) is 4.74 Å². The Labute approximate surface area is 343 Å². The molecule has 0 spiro atoms. The molecule has 0 atom stereocenters. The minimum atomic E-state index is -1.08. The molecule has 0 amide bonds. The molecule has 4 aromatic heterocycles. The maximum atomic E-state index is 12.5. The summed E-state index contributed by atoms with van der Waals surface area (Å²) in [4.78, 5) is 33.3. The number of carbonyl (C=O) groups is 2. The molecular weight excluding hydrogens is 741 g/mol. The summed E-state index contributed by atoms with van der Waals surface area (Å²) in [5.41, 5.74) is 13.1. The molecule has 0 aliphatic heterocycles. The van der Waals surface area contributed by atoms with Crippen molar-refractivity contribution in [3.63, 3.8) is 0 Å². The van der Waals surface area contributed by atoms with E-state index in [9.17, 15) is 14.7 Å². The molecule has 8 rings (SSSR count). The van der Waals surface area contributed by atoms with Gasteiger partial charge in [0.05, 0.1) is 29.1 Å². The number of anilines is 4. The smallest absolute Gasteiger partial charge is 0.357 e. The monoisotopic (exact) mass is 788 g/mol. The van der Waals surface area contributed by atoms with Gasteiger partial charge in [-0.2, -0.15) is 19.2 Å². The van der Waals surface area contributed by atoms with Gasteiger partial charge in [0.2, 0.25) is 0 Å². The molecule has 0 radical (unpaired) electrons. The Bertz CT molecular complexity index is 2770. The van der Waals surface area contributed by atoms with E-state index in [-0.39, 0.29) is 25.4 Å². The van der Waals surface area contributed by atoms with Gasteiger partial charge in [-0.15, -0.1) is 0 Å². The van der Waals surface area contributed by atoms with Gasteiger partial charge < -0.3 is 20.5 Å². The van der Waals surface area contributed by atoms with E-state index in [1.54, 1.807) is 22.0 Å². The lowest BCUT2D eigenvalue weighted by atomic mass is 9.96. The number of aromatic nitrogens is 6. The van der Waals surface area contributed by atoms with Crippen LogP contribution in [0.2, 0.25) is 0 Å². The maximum Gasteiger partial charge on any atom is 0.357 e. The molecule has 3 N–H and O–H groups in total. The third kappa shape index (κ3) is 8.38. The molecular formula is C47H48N8O4. The van der Waals surface area contributed by atoms with Crippen molar-refractivity contribution in [2.24, 2.45) is 0 Å². The van der Waals surface area contributed by atoms with Gasteiger partial charge >= 0.3 is 11.9 Å². The number of nitrogens with zero attached hydrogens (tertiary/aromatic N) is 6. The van der Waals surface area contributed by atoms with Crippen molar-refractivity contribution in [1.29, 1.82) is 0 Å². The van der Waals surface area contributed by atoms with Gasteiger partial charge in [0.1, 0.15) is 11.6 Å². The van der Waals surface area contributed by atoms with Crippen LogP contribution in [0.3, 0.4) is 0 Å². The maximum absolute atomic E-state index is 12.5. The third-order valence-electron chi connectivity index (χ3n) is 9.79. The highest BCUT2D eigenvalue weighted by Gasteiger charge is 2.23. The first kappa shape index (κ1) is 41.3. The summed E-state index contributed by atoms with van der Waals surface area (Å²) in [5, 5.41) is 25.6. The highest BCUT2D eigenvalue weighted by Crippen LogP contribution is 2.36. The second-order valence-electron chi connectivity index (χ2n) is 14.0. The zero-order chi connectivity index (χ0) is 41.1. The molecule has 0 bridgehead atoms. The van der Waals surface area contributed by atoms with Crippen molar-refractivity contribution in [3.05, 3.63) is 154 Å². The normalized spacial score (nSPS) is 10.8. The van der Waals surface area contributed by atoms with E-state index in [0.29, 0.717) is 22.9 Å². The average Bonchev–Trinajstić information content (AvgIpc) is 3.71. The summed E-state index contributed by atoms with van der Waals surface area (Å²) in [6.45, 7) is 14.2. The molecule has 12 heteroatoms. The number of carbonyl (C=O) groups excluding carboxylic acids is 1. The van der Waals surface area contributed by atoms with Crippen molar-refractivity contribution in [3.8, 4) is 22.3 Å². The number of fused-ring (bicyclic) bond motifs is 2. The Morgan fingerprint density at radius 1 is 0.576 bits per heavy atom. The van der Waals surface area contributed by atoms with Crippen LogP contribution in [0.5, 0.6) is 0 Å². The van der Waals surface area contributed by atoms with Crippen LogP contribution < -0.4 is 10.6 Å². The summed E-state index contributed by atoms with van der Waals surface area (Å²) < 4.78 is 8.66. The number of ether oxygens (including phenoxy) is 1. The predicted octanol–water partition coefficient (Wildman–Crippen LogP) is 10.6. The molecule has 300 valence electrons. The summed E-state index contributed by atoms with van der Waals surface area (Å²) in [7, 11) is 0. The Kier molecular flexibility index (Phi) is 12.2. The van der Waals surface area contributed by atoms with Crippen LogP contribution >= 0.6 is 0 Å². The Hall–Kier alpha value is -7.34. The molecule has 8 aromatic rings. The quantitative estimate of drug-likeness (QED) is 0.121. The second kappa shape index (κ2) is 17.4. The zero-order valence-corrected chi connectivity index (χ0v) is 33.5. The van der Waals surface area contributed by atoms with Gasteiger partial charge in [-0.3, -0.25) is 0 Å². The largest absolute Gasteiger partial charge is 0.477 e. The van der Waals surface area contributed by atoms with Gasteiger partial charge in [-0.05, 0) is 106 Å². The first-order valence-electron chi connectivity index (χ1n) is 18.9. The average molecular weight is 789 g/mol. The molecule has 0 fully saturated rings. The Balaban J connectivity index is 0.000000195. The lowest BCUT2D eigenvalue weighted by molar-refractivity contribution is 0.0519. The number of para-hydroxylation sites is 2. The van der Waals surface area contributed by atoms with E-state index in [2.05, 4.69) is 51.7 Å². The third-order valence-corrected chi connectivity index (χ3v) is 9.79. The Morgan fingerprint density at radius 2 is 0.966 bits per heavy atom. The van der Waals surface area contributed by atoms with E-state index in [1.807, 2.05) is 113 Å². The highest BCUT2D eigenvalue weighted by atomic mass is 16.5. The van der Waals surface area contributed by atoms with Crippen molar-refractivity contribution >= 4 is 46.2 Å². The molecule has 59 heavy (non-hydrogen) atoms. The number of hydrogen-bond acceptors (Lipinski definition) is 9. The van der Waals surface area contributed by atoms with Gasteiger partial charge in [-0.1, -0.05) is 80.2 Å². The molecule has 0 saturated carbocycles. The number of benzene rings is 4. The highest BCUT2D eigenvalue weighted by molar-refractivity contribution is 5.93. The predicted molar refractivity (Wildman–Crippen MR) is 234 cm³/mol. The number of aromatic carboxylic acids is 1. The van der Waals surface area contributed by atoms with Crippen LogP contribution in [0.4, 0.5) is 23.0 Å². The number of hydrogen-bond donors (Lipinski definition) is 3. The fourth-order valence-electron chi connectivity index (χ4n) is 7.19.